The molecule has 164 valence electrons. The Morgan fingerprint density at radius 3 is 1.97 bits per heavy atom. The Bertz CT molecular complexity index is 1360. The van der Waals surface area contributed by atoms with Crippen molar-refractivity contribution in [1.82, 2.24) is 4.98 Å². The number of methoxy groups -OCH3 is 1. The molecule has 0 atom stereocenters. The molecule has 0 N–H and O–H groups in total. The van der Waals surface area contributed by atoms with Crippen LogP contribution in [-0.2, 0) is 0 Å². The highest BCUT2D eigenvalue weighted by molar-refractivity contribution is 6.80. The summed E-state index contributed by atoms with van der Waals surface area (Å²) in [5.41, 5.74) is 4.99. The van der Waals surface area contributed by atoms with Crippen molar-refractivity contribution in [1.29, 1.82) is 0 Å². The topological polar surface area (TPSA) is 31.4 Å². The van der Waals surface area contributed by atoms with Crippen LogP contribution in [0.1, 0.15) is 11.3 Å². The molecule has 4 aromatic carbocycles. The lowest BCUT2D eigenvalue weighted by Crippen LogP contribution is -2.47. The van der Waals surface area contributed by atoms with E-state index in [4.69, 9.17) is 14.4 Å². The van der Waals surface area contributed by atoms with Crippen LogP contribution in [0.2, 0.25) is 0 Å². The summed E-state index contributed by atoms with van der Waals surface area (Å²) in [5, 5.41) is 1.04. The SMILES string of the molecule is COc1ccc(/C=C/c2ccc3cccc(OB(c4ccccc4)c4ccccc4)c3n2)cc1. The molecule has 0 saturated heterocycles. The second kappa shape index (κ2) is 10.1. The van der Waals surface area contributed by atoms with Gasteiger partial charge in [0, 0.05) is 5.39 Å². The Morgan fingerprint density at radius 1 is 0.647 bits per heavy atom. The van der Waals surface area contributed by atoms with Crippen molar-refractivity contribution in [2.45, 2.75) is 0 Å². The van der Waals surface area contributed by atoms with E-state index in [-0.39, 0.29) is 6.92 Å². The van der Waals surface area contributed by atoms with Crippen LogP contribution in [0.15, 0.2) is 115 Å². The number of hydrogen-bond donors (Lipinski definition) is 0. The molecular formula is C30H24BNO2. The van der Waals surface area contributed by atoms with Gasteiger partial charge in [-0.25, -0.2) is 4.98 Å². The molecule has 0 fully saturated rings. The molecule has 34 heavy (non-hydrogen) atoms. The molecule has 1 heterocycles. The van der Waals surface area contributed by atoms with E-state index in [0.717, 1.165) is 44.6 Å². The highest BCUT2D eigenvalue weighted by Crippen LogP contribution is 2.25. The van der Waals surface area contributed by atoms with Gasteiger partial charge in [0.15, 0.2) is 0 Å². The minimum Gasteiger partial charge on any atom is -0.550 e. The second-order valence-electron chi connectivity index (χ2n) is 7.99. The number of fused-ring (bicyclic) bond motifs is 1. The number of pyridine rings is 1. The third kappa shape index (κ3) is 4.86. The molecule has 1 aromatic heterocycles. The predicted molar refractivity (Wildman–Crippen MR) is 142 cm³/mol. The number of para-hydroxylation sites is 1. The van der Waals surface area contributed by atoms with Crippen LogP contribution in [0.25, 0.3) is 23.1 Å². The molecule has 0 amide bonds. The maximum Gasteiger partial charge on any atom is 0.426 e. The van der Waals surface area contributed by atoms with E-state index in [2.05, 4.69) is 36.4 Å². The average Bonchev–Trinajstić information content (AvgIpc) is 2.92. The summed E-state index contributed by atoms with van der Waals surface area (Å²) < 4.78 is 11.9. The molecule has 0 aliphatic carbocycles. The summed E-state index contributed by atoms with van der Waals surface area (Å²) in [6.45, 7) is -0.228. The van der Waals surface area contributed by atoms with Crippen LogP contribution in [0.4, 0.5) is 0 Å². The summed E-state index contributed by atoms with van der Waals surface area (Å²) in [6.07, 6.45) is 4.07. The van der Waals surface area contributed by atoms with Crippen LogP contribution in [0.5, 0.6) is 11.5 Å². The van der Waals surface area contributed by atoms with E-state index in [0.29, 0.717) is 0 Å². The fraction of sp³-hybridized carbons (Fsp3) is 0.0333. The van der Waals surface area contributed by atoms with Crippen molar-refractivity contribution in [3.63, 3.8) is 0 Å². The van der Waals surface area contributed by atoms with E-state index in [1.165, 1.54) is 0 Å². The monoisotopic (exact) mass is 441 g/mol. The molecule has 0 unspecified atom stereocenters. The molecule has 0 radical (unpaired) electrons. The Hall–Kier alpha value is -4.31. The fourth-order valence-corrected chi connectivity index (χ4v) is 3.93. The zero-order chi connectivity index (χ0) is 23.2. The molecule has 0 saturated carbocycles. The Labute approximate surface area is 200 Å². The normalized spacial score (nSPS) is 11.0. The van der Waals surface area contributed by atoms with Gasteiger partial charge in [-0.05, 0) is 46.8 Å². The van der Waals surface area contributed by atoms with E-state index in [9.17, 15) is 0 Å². The third-order valence-corrected chi connectivity index (χ3v) is 5.72. The molecule has 3 nitrogen and oxygen atoms in total. The van der Waals surface area contributed by atoms with Gasteiger partial charge >= 0.3 is 6.92 Å². The predicted octanol–water partition coefficient (Wildman–Crippen LogP) is 5.60. The standard InChI is InChI=1S/C30H24BNO2/c1-33-28-21-16-23(17-22-28)15-19-27-20-18-24-9-8-14-29(30(24)32-27)34-31(25-10-4-2-5-11-25)26-12-6-3-7-13-26/h2-22H,1H3/b19-15+. The van der Waals surface area contributed by atoms with Crippen LogP contribution in [0, 0.1) is 0 Å². The van der Waals surface area contributed by atoms with E-state index < -0.39 is 0 Å². The van der Waals surface area contributed by atoms with Gasteiger partial charge in [-0.2, -0.15) is 0 Å². The van der Waals surface area contributed by atoms with Crippen molar-refractivity contribution in [2.75, 3.05) is 7.11 Å². The van der Waals surface area contributed by atoms with Crippen molar-refractivity contribution in [3.05, 3.63) is 127 Å². The van der Waals surface area contributed by atoms with Crippen LogP contribution in [-0.4, -0.2) is 19.0 Å². The van der Waals surface area contributed by atoms with Crippen molar-refractivity contribution >= 4 is 40.9 Å². The maximum atomic E-state index is 6.64. The molecule has 0 aliphatic heterocycles. The van der Waals surface area contributed by atoms with Crippen molar-refractivity contribution < 1.29 is 9.39 Å². The number of ether oxygens (including phenoxy) is 1. The van der Waals surface area contributed by atoms with Crippen LogP contribution in [0.3, 0.4) is 0 Å². The van der Waals surface area contributed by atoms with Gasteiger partial charge in [-0.3, -0.25) is 0 Å². The van der Waals surface area contributed by atoms with E-state index in [1.807, 2.05) is 91.0 Å². The summed E-state index contributed by atoms with van der Waals surface area (Å²) in [7, 11) is 1.67. The molecular weight excluding hydrogens is 417 g/mol. The zero-order valence-electron chi connectivity index (χ0n) is 19.0. The largest absolute Gasteiger partial charge is 0.550 e. The highest BCUT2D eigenvalue weighted by atomic mass is 16.5. The summed E-state index contributed by atoms with van der Waals surface area (Å²) in [5.74, 6) is 1.60. The second-order valence-corrected chi connectivity index (χ2v) is 7.99. The summed E-state index contributed by atoms with van der Waals surface area (Å²) >= 11 is 0. The van der Waals surface area contributed by atoms with E-state index in [1.54, 1.807) is 7.11 Å². The van der Waals surface area contributed by atoms with Gasteiger partial charge in [-0.15, -0.1) is 0 Å². The molecule has 4 heteroatoms. The van der Waals surface area contributed by atoms with Gasteiger partial charge in [0.05, 0.1) is 12.8 Å². The molecule has 0 bridgehead atoms. The third-order valence-electron chi connectivity index (χ3n) is 5.72. The number of rotatable bonds is 7. The number of aromatic nitrogens is 1. The average molecular weight is 441 g/mol. The van der Waals surface area contributed by atoms with Crippen LogP contribution < -0.4 is 20.3 Å². The first kappa shape index (κ1) is 21.5. The van der Waals surface area contributed by atoms with E-state index >= 15 is 0 Å². The van der Waals surface area contributed by atoms with Gasteiger partial charge < -0.3 is 9.39 Å². The zero-order valence-corrected chi connectivity index (χ0v) is 19.0. The number of hydrogen-bond acceptors (Lipinski definition) is 3. The molecule has 5 aromatic rings. The van der Waals surface area contributed by atoms with Crippen molar-refractivity contribution in [3.8, 4) is 11.5 Å². The van der Waals surface area contributed by atoms with Gasteiger partial charge in [-0.1, -0.05) is 97.1 Å². The Morgan fingerprint density at radius 2 is 1.32 bits per heavy atom. The van der Waals surface area contributed by atoms with Gasteiger partial charge in [0.25, 0.3) is 0 Å². The summed E-state index contributed by atoms with van der Waals surface area (Å²) in [6, 6.07) is 38.7. The lowest BCUT2D eigenvalue weighted by atomic mass is 9.55. The Kier molecular flexibility index (Phi) is 6.39. The first-order valence-electron chi connectivity index (χ1n) is 11.3. The number of nitrogens with zero attached hydrogens (tertiary/aromatic N) is 1. The Balaban J connectivity index is 1.49. The van der Waals surface area contributed by atoms with Crippen molar-refractivity contribution in [2.24, 2.45) is 0 Å². The smallest absolute Gasteiger partial charge is 0.426 e. The first-order valence-corrected chi connectivity index (χ1v) is 11.3. The molecule has 0 spiro atoms. The number of benzene rings is 4. The highest BCUT2D eigenvalue weighted by Gasteiger charge is 2.24. The first-order chi connectivity index (χ1) is 16.8. The minimum absolute atomic E-state index is 0.228. The lowest BCUT2D eigenvalue weighted by molar-refractivity contribution is 0.415. The quantitative estimate of drug-likeness (QED) is 0.308. The fourth-order valence-electron chi connectivity index (χ4n) is 3.93. The minimum atomic E-state index is -0.228. The summed E-state index contributed by atoms with van der Waals surface area (Å²) in [4.78, 5) is 4.93. The van der Waals surface area contributed by atoms with Crippen LogP contribution >= 0.6 is 0 Å². The van der Waals surface area contributed by atoms with Gasteiger partial charge in [0.1, 0.15) is 17.0 Å². The van der Waals surface area contributed by atoms with Gasteiger partial charge in [0.2, 0.25) is 0 Å². The maximum absolute atomic E-state index is 6.64. The lowest BCUT2D eigenvalue weighted by Gasteiger charge is -2.18. The molecule has 0 aliphatic rings. The molecule has 5 rings (SSSR count).